The van der Waals surface area contributed by atoms with Crippen molar-refractivity contribution in [1.82, 2.24) is 0 Å². The zero-order chi connectivity index (χ0) is 15.6. The number of carbonyl (C=O) groups is 1. The maximum Gasteiger partial charge on any atom is 0.258 e. The molecular formula is C15H11BrFN3O. The molecule has 2 aromatic rings. The van der Waals surface area contributed by atoms with Crippen molar-refractivity contribution >= 4 is 33.2 Å². The topological polar surface area (TPSA) is 78.9 Å². The number of anilines is 2. The van der Waals surface area contributed by atoms with Crippen LogP contribution in [0.3, 0.4) is 0 Å². The van der Waals surface area contributed by atoms with E-state index in [2.05, 4.69) is 21.2 Å². The molecule has 0 atom stereocenters. The first-order valence-corrected chi connectivity index (χ1v) is 6.78. The van der Waals surface area contributed by atoms with Crippen molar-refractivity contribution in [3.8, 4) is 6.07 Å². The summed E-state index contributed by atoms with van der Waals surface area (Å²) in [5.74, 6) is -1.21. The first-order chi connectivity index (χ1) is 9.92. The molecule has 2 aromatic carbocycles. The monoisotopic (exact) mass is 347 g/mol. The molecule has 6 heteroatoms. The number of nitriles is 1. The van der Waals surface area contributed by atoms with Crippen LogP contribution in [0.2, 0.25) is 0 Å². The van der Waals surface area contributed by atoms with Gasteiger partial charge in [-0.3, -0.25) is 4.79 Å². The number of rotatable bonds is 2. The van der Waals surface area contributed by atoms with Gasteiger partial charge in [-0.1, -0.05) is 0 Å². The summed E-state index contributed by atoms with van der Waals surface area (Å²) in [6, 6.07) is 9.42. The molecule has 0 fully saturated rings. The standard InChI is InChI=1S/C15H11BrFN3O/c1-8-4-10(19)6-11(14(8)17)15(21)20-13-3-2-9(7-18)5-12(13)16/h2-6H,19H2,1H3,(H,20,21). The SMILES string of the molecule is Cc1cc(N)cc(C(=O)Nc2ccc(C#N)cc2Br)c1F. The Morgan fingerprint density at radius 2 is 2.10 bits per heavy atom. The number of aryl methyl sites for hydroxylation is 1. The quantitative estimate of drug-likeness (QED) is 0.814. The molecule has 0 spiro atoms. The Morgan fingerprint density at radius 1 is 1.38 bits per heavy atom. The molecule has 0 aliphatic heterocycles. The summed E-state index contributed by atoms with van der Waals surface area (Å²) in [7, 11) is 0. The van der Waals surface area contributed by atoms with Crippen molar-refractivity contribution in [1.29, 1.82) is 5.26 Å². The molecule has 21 heavy (non-hydrogen) atoms. The summed E-state index contributed by atoms with van der Waals surface area (Å²) < 4.78 is 14.5. The predicted molar refractivity (Wildman–Crippen MR) is 82.4 cm³/mol. The number of nitrogen functional groups attached to an aromatic ring is 1. The molecule has 0 unspecified atom stereocenters. The van der Waals surface area contributed by atoms with Gasteiger partial charge in [0.2, 0.25) is 0 Å². The molecule has 0 aliphatic rings. The molecule has 1 amide bonds. The Balaban J connectivity index is 2.33. The van der Waals surface area contributed by atoms with E-state index in [0.29, 0.717) is 27.0 Å². The van der Waals surface area contributed by atoms with Crippen LogP contribution in [-0.2, 0) is 0 Å². The molecule has 0 aromatic heterocycles. The zero-order valence-electron chi connectivity index (χ0n) is 11.1. The lowest BCUT2D eigenvalue weighted by atomic mass is 10.1. The first-order valence-electron chi connectivity index (χ1n) is 5.99. The Morgan fingerprint density at radius 3 is 2.71 bits per heavy atom. The Kier molecular flexibility index (Phi) is 4.24. The van der Waals surface area contributed by atoms with Crippen LogP contribution in [0.15, 0.2) is 34.8 Å². The van der Waals surface area contributed by atoms with E-state index in [9.17, 15) is 9.18 Å². The third kappa shape index (κ3) is 3.20. The maximum absolute atomic E-state index is 14.0. The van der Waals surface area contributed by atoms with Crippen molar-refractivity contribution in [2.75, 3.05) is 11.1 Å². The Hall–Kier alpha value is -2.39. The van der Waals surface area contributed by atoms with Crippen LogP contribution in [0, 0.1) is 24.1 Å². The number of hydrogen-bond donors (Lipinski definition) is 2. The third-order valence-electron chi connectivity index (χ3n) is 2.87. The lowest BCUT2D eigenvalue weighted by molar-refractivity contribution is 0.102. The van der Waals surface area contributed by atoms with E-state index in [1.165, 1.54) is 12.1 Å². The molecule has 106 valence electrons. The van der Waals surface area contributed by atoms with Gasteiger partial charge in [-0.25, -0.2) is 4.39 Å². The number of benzene rings is 2. The van der Waals surface area contributed by atoms with E-state index in [1.54, 1.807) is 25.1 Å². The summed E-state index contributed by atoms with van der Waals surface area (Å²) in [6.07, 6.45) is 0. The summed E-state index contributed by atoms with van der Waals surface area (Å²) in [5.41, 5.74) is 7.03. The van der Waals surface area contributed by atoms with E-state index in [4.69, 9.17) is 11.0 Å². The van der Waals surface area contributed by atoms with Gasteiger partial charge < -0.3 is 11.1 Å². The average molecular weight is 348 g/mol. The molecular weight excluding hydrogens is 337 g/mol. The van der Waals surface area contributed by atoms with E-state index >= 15 is 0 Å². The third-order valence-corrected chi connectivity index (χ3v) is 3.52. The Bertz CT molecular complexity index is 768. The summed E-state index contributed by atoms with van der Waals surface area (Å²) in [6.45, 7) is 1.54. The van der Waals surface area contributed by atoms with Gasteiger partial charge in [0.25, 0.3) is 5.91 Å². The van der Waals surface area contributed by atoms with Gasteiger partial charge in [-0.2, -0.15) is 5.26 Å². The van der Waals surface area contributed by atoms with Gasteiger partial charge in [-0.05, 0) is 58.7 Å². The summed E-state index contributed by atoms with van der Waals surface area (Å²) >= 11 is 3.25. The van der Waals surface area contributed by atoms with Gasteiger partial charge in [-0.15, -0.1) is 0 Å². The summed E-state index contributed by atoms with van der Waals surface area (Å²) in [5, 5.41) is 11.4. The minimum Gasteiger partial charge on any atom is -0.399 e. The van der Waals surface area contributed by atoms with Gasteiger partial charge in [0, 0.05) is 10.2 Å². The number of hydrogen-bond acceptors (Lipinski definition) is 3. The average Bonchev–Trinajstić information content (AvgIpc) is 2.44. The van der Waals surface area contributed by atoms with Crippen molar-refractivity contribution < 1.29 is 9.18 Å². The molecule has 0 radical (unpaired) electrons. The van der Waals surface area contributed by atoms with E-state index in [-0.39, 0.29) is 5.56 Å². The highest BCUT2D eigenvalue weighted by atomic mass is 79.9. The highest BCUT2D eigenvalue weighted by Crippen LogP contribution is 2.25. The van der Waals surface area contributed by atoms with Crippen molar-refractivity contribution in [3.05, 3.63) is 57.3 Å². The molecule has 3 N–H and O–H groups in total. The fourth-order valence-electron chi connectivity index (χ4n) is 1.84. The van der Waals surface area contributed by atoms with E-state index < -0.39 is 11.7 Å². The van der Waals surface area contributed by atoms with Crippen LogP contribution in [0.5, 0.6) is 0 Å². The Labute approximate surface area is 129 Å². The smallest absolute Gasteiger partial charge is 0.258 e. The number of halogens is 2. The molecule has 0 aliphatic carbocycles. The molecule has 0 saturated heterocycles. The zero-order valence-corrected chi connectivity index (χ0v) is 12.7. The molecule has 2 rings (SSSR count). The molecule has 0 heterocycles. The van der Waals surface area contributed by atoms with Crippen LogP contribution >= 0.6 is 15.9 Å². The highest BCUT2D eigenvalue weighted by Gasteiger charge is 2.16. The minimum atomic E-state index is -0.605. The van der Waals surface area contributed by atoms with Crippen LogP contribution in [0.25, 0.3) is 0 Å². The van der Waals surface area contributed by atoms with Gasteiger partial charge in [0.1, 0.15) is 5.82 Å². The second kappa shape index (κ2) is 5.94. The largest absolute Gasteiger partial charge is 0.399 e. The second-order valence-corrected chi connectivity index (χ2v) is 5.31. The number of amides is 1. The maximum atomic E-state index is 14.0. The fourth-order valence-corrected chi connectivity index (χ4v) is 2.32. The highest BCUT2D eigenvalue weighted by molar-refractivity contribution is 9.10. The van der Waals surface area contributed by atoms with E-state index in [0.717, 1.165) is 0 Å². The van der Waals surface area contributed by atoms with Gasteiger partial charge in [0.15, 0.2) is 0 Å². The number of nitrogens with zero attached hydrogens (tertiary/aromatic N) is 1. The number of nitrogens with one attached hydrogen (secondary N) is 1. The number of nitrogens with two attached hydrogens (primary N) is 1. The van der Waals surface area contributed by atoms with Crippen LogP contribution < -0.4 is 11.1 Å². The molecule has 0 bridgehead atoms. The normalized spacial score (nSPS) is 10.0. The van der Waals surface area contributed by atoms with Crippen molar-refractivity contribution in [2.24, 2.45) is 0 Å². The van der Waals surface area contributed by atoms with Crippen molar-refractivity contribution in [3.63, 3.8) is 0 Å². The van der Waals surface area contributed by atoms with Crippen LogP contribution in [0.4, 0.5) is 15.8 Å². The van der Waals surface area contributed by atoms with Gasteiger partial charge in [0.05, 0.1) is 22.9 Å². The minimum absolute atomic E-state index is 0.122. The number of carbonyl (C=O) groups excluding carboxylic acids is 1. The predicted octanol–water partition coefficient (Wildman–Crippen LogP) is 3.60. The summed E-state index contributed by atoms with van der Waals surface area (Å²) in [4.78, 5) is 12.2. The van der Waals surface area contributed by atoms with Crippen LogP contribution in [-0.4, -0.2) is 5.91 Å². The second-order valence-electron chi connectivity index (χ2n) is 4.46. The lowest BCUT2D eigenvalue weighted by Crippen LogP contribution is -2.15. The molecule has 0 saturated carbocycles. The molecule has 4 nitrogen and oxygen atoms in total. The van der Waals surface area contributed by atoms with Crippen molar-refractivity contribution in [2.45, 2.75) is 6.92 Å². The van der Waals surface area contributed by atoms with Crippen LogP contribution in [0.1, 0.15) is 21.5 Å². The van der Waals surface area contributed by atoms with E-state index in [1.807, 2.05) is 6.07 Å². The lowest BCUT2D eigenvalue weighted by Gasteiger charge is -2.10. The van der Waals surface area contributed by atoms with Gasteiger partial charge >= 0.3 is 0 Å². The fraction of sp³-hybridized carbons (Fsp3) is 0.0667. The first kappa shape index (κ1) is 15.0.